The monoisotopic (exact) mass is 392 g/mol. The molecule has 0 spiro atoms. The van der Waals surface area contributed by atoms with Crippen LogP contribution in [-0.4, -0.2) is 13.0 Å². The molecule has 0 aliphatic carbocycles. The van der Waals surface area contributed by atoms with E-state index in [-0.39, 0.29) is 17.8 Å². The summed E-state index contributed by atoms with van der Waals surface area (Å²) in [6.07, 6.45) is 0. The highest BCUT2D eigenvalue weighted by Gasteiger charge is 2.24. The van der Waals surface area contributed by atoms with Crippen molar-refractivity contribution in [2.24, 2.45) is 0 Å². The van der Waals surface area contributed by atoms with Gasteiger partial charge in [-0.2, -0.15) is 0 Å². The molecular weight excluding hydrogens is 367 g/mol. The molecule has 0 aliphatic rings. The number of rotatable bonds is 7. The number of benzene rings is 3. The van der Waals surface area contributed by atoms with Gasteiger partial charge in [0.15, 0.2) is 0 Å². The maximum atomic E-state index is 13.2. The molecule has 2 unspecified atom stereocenters. The highest BCUT2D eigenvalue weighted by Crippen LogP contribution is 2.29. The third-order valence-corrected chi connectivity index (χ3v) is 4.78. The lowest BCUT2D eigenvalue weighted by Crippen LogP contribution is -2.34. The Balaban J connectivity index is 1.87. The molecule has 0 aromatic heterocycles. The van der Waals surface area contributed by atoms with E-state index in [0.717, 1.165) is 22.4 Å². The number of ether oxygens (including phenoxy) is 1. The van der Waals surface area contributed by atoms with Gasteiger partial charge in [0, 0.05) is 17.3 Å². The van der Waals surface area contributed by atoms with E-state index in [1.54, 1.807) is 19.2 Å². The topological polar surface area (TPSA) is 50.4 Å². The highest BCUT2D eigenvalue weighted by molar-refractivity contribution is 5.95. The van der Waals surface area contributed by atoms with Crippen molar-refractivity contribution in [3.8, 4) is 5.75 Å². The Kier molecular flexibility index (Phi) is 6.62. The van der Waals surface area contributed by atoms with Crippen molar-refractivity contribution < 1.29 is 13.9 Å². The zero-order valence-electron chi connectivity index (χ0n) is 16.8. The summed E-state index contributed by atoms with van der Waals surface area (Å²) in [6, 6.07) is 20.5. The van der Waals surface area contributed by atoms with Crippen LogP contribution < -0.4 is 15.4 Å². The maximum Gasteiger partial charge on any atom is 0.246 e. The number of carbonyl (C=O) groups is 1. The molecule has 1 amide bonds. The molecule has 3 aromatic rings. The van der Waals surface area contributed by atoms with Crippen LogP contribution >= 0.6 is 0 Å². The lowest BCUT2D eigenvalue weighted by Gasteiger charge is -2.25. The van der Waals surface area contributed by atoms with E-state index in [2.05, 4.69) is 16.7 Å². The number of halogens is 1. The highest BCUT2D eigenvalue weighted by atomic mass is 19.1. The van der Waals surface area contributed by atoms with Gasteiger partial charge in [0.05, 0.1) is 7.11 Å². The number of anilines is 1. The van der Waals surface area contributed by atoms with Crippen molar-refractivity contribution in [3.63, 3.8) is 0 Å². The Morgan fingerprint density at radius 3 is 2.34 bits per heavy atom. The Labute approximate surface area is 170 Å². The molecule has 3 rings (SSSR count). The second-order valence-electron chi connectivity index (χ2n) is 6.97. The second kappa shape index (κ2) is 9.34. The van der Waals surface area contributed by atoms with E-state index in [1.165, 1.54) is 12.1 Å². The second-order valence-corrected chi connectivity index (χ2v) is 6.97. The van der Waals surface area contributed by atoms with Crippen molar-refractivity contribution in [2.75, 3.05) is 12.4 Å². The molecule has 2 N–H and O–H groups in total. The van der Waals surface area contributed by atoms with Crippen LogP contribution in [0.4, 0.5) is 10.1 Å². The standard InChI is InChI=1S/C24H25FN2O2/c1-16-9-14-22(29-3)21(15-16)17(2)26-23(18-7-5-4-6-8-18)24(28)27-20-12-10-19(25)11-13-20/h4-15,17,23,26H,1-3H3,(H,27,28). The zero-order valence-corrected chi connectivity index (χ0v) is 16.8. The minimum Gasteiger partial charge on any atom is -0.496 e. The molecule has 29 heavy (non-hydrogen) atoms. The van der Waals surface area contributed by atoms with Crippen molar-refractivity contribution in [1.82, 2.24) is 5.32 Å². The first-order chi connectivity index (χ1) is 14.0. The van der Waals surface area contributed by atoms with Gasteiger partial charge < -0.3 is 10.1 Å². The fourth-order valence-corrected chi connectivity index (χ4v) is 3.25. The Hall–Kier alpha value is -3.18. The summed E-state index contributed by atoms with van der Waals surface area (Å²) >= 11 is 0. The fraction of sp³-hybridized carbons (Fsp3) is 0.208. The molecule has 0 aliphatic heterocycles. The predicted molar refractivity (Wildman–Crippen MR) is 113 cm³/mol. The molecule has 0 fully saturated rings. The minimum atomic E-state index is -0.596. The first kappa shape index (κ1) is 20.6. The predicted octanol–water partition coefficient (Wildman–Crippen LogP) is 5.17. The molecule has 150 valence electrons. The Morgan fingerprint density at radius 2 is 1.69 bits per heavy atom. The molecule has 0 saturated carbocycles. The van der Waals surface area contributed by atoms with Crippen LogP contribution in [0, 0.1) is 12.7 Å². The molecular formula is C24H25FN2O2. The third-order valence-electron chi connectivity index (χ3n) is 4.78. The quantitative estimate of drug-likeness (QED) is 0.583. The van der Waals surface area contributed by atoms with E-state index >= 15 is 0 Å². The van der Waals surface area contributed by atoms with E-state index < -0.39 is 6.04 Å². The Morgan fingerprint density at radius 1 is 1.00 bits per heavy atom. The first-order valence-electron chi connectivity index (χ1n) is 9.50. The van der Waals surface area contributed by atoms with Crippen molar-refractivity contribution >= 4 is 11.6 Å². The van der Waals surface area contributed by atoms with E-state index in [0.29, 0.717) is 5.69 Å². The third kappa shape index (κ3) is 5.21. The molecule has 3 aromatic carbocycles. The average Bonchev–Trinajstić information content (AvgIpc) is 2.74. The van der Waals surface area contributed by atoms with Gasteiger partial charge >= 0.3 is 0 Å². The molecule has 4 nitrogen and oxygen atoms in total. The van der Waals surface area contributed by atoms with E-state index in [1.807, 2.05) is 56.3 Å². The summed E-state index contributed by atoms with van der Waals surface area (Å²) in [4.78, 5) is 13.1. The summed E-state index contributed by atoms with van der Waals surface area (Å²) in [5.74, 6) is 0.198. The molecule has 0 radical (unpaired) electrons. The average molecular weight is 392 g/mol. The summed E-state index contributed by atoms with van der Waals surface area (Å²) in [5, 5.41) is 6.28. The SMILES string of the molecule is COc1ccc(C)cc1C(C)NC(C(=O)Nc1ccc(F)cc1)c1ccccc1. The first-order valence-corrected chi connectivity index (χ1v) is 9.50. The van der Waals surface area contributed by atoms with Crippen LogP contribution in [0.15, 0.2) is 72.8 Å². The fourth-order valence-electron chi connectivity index (χ4n) is 3.25. The summed E-state index contributed by atoms with van der Waals surface area (Å²) < 4.78 is 18.7. The normalized spacial score (nSPS) is 12.8. The molecule has 0 bridgehead atoms. The summed E-state index contributed by atoms with van der Waals surface area (Å²) in [7, 11) is 1.64. The molecule has 5 heteroatoms. The van der Waals surface area contributed by atoms with Crippen LogP contribution in [0.5, 0.6) is 5.75 Å². The number of carbonyl (C=O) groups excluding carboxylic acids is 1. The number of aryl methyl sites for hydroxylation is 1. The van der Waals surface area contributed by atoms with Gasteiger partial charge in [0.1, 0.15) is 17.6 Å². The van der Waals surface area contributed by atoms with Gasteiger partial charge in [-0.3, -0.25) is 10.1 Å². The molecule has 0 heterocycles. The number of methoxy groups -OCH3 is 1. The molecule has 0 saturated heterocycles. The number of hydrogen-bond donors (Lipinski definition) is 2. The largest absolute Gasteiger partial charge is 0.496 e. The van der Waals surface area contributed by atoms with E-state index in [4.69, 9.17) is 4.74 Å². The van der Waals surface area contributed by atoms with Gasteiger partial charge in [-0.1, -0.05) is 48.0 Å². The number of amides is 1. The summed E-state index contributed by atoms with van der Waals surface area (Å²) in [5.41, 5.74) is 3.47. The number of hydrogen-bond acceptors (Lipinski definition) is 3. The van der Waals surface area contributed by atoms with Crippen LogP contribution in [0.1, 0.15) is 35.7 Å². The molecule has 2 atom stereocenters. The van der Waals surface area contributed by atoms with Crippen LogP contribution in [0.2, 0.25) is 0 Å². The van der Waals surface area contributed by atoms with Crippen molar-refractivity contribution in [1.29, 1.82) is 0 Å². The van der Waals surface area contributed by atoms with Gasteiger partial charge in [0.25, 0.3) is 0 Å². The van der Waals surface area contributed by atoms with Gasteiger partial charge in [-0.15, -0.1) is 0 Å². The zero-order chi connectivity index (χ0) is 20.8. The van der Waals surface area contributed by atoms with Gasteiger partial charge in [0.2, 0.25) is 5.91 Å². The number of nitrogens with one attached hydrogen (secondary N) is 2. The van der Waals surface area contributed by atoms with Crippen LogP contribution in [-0.2, 0) is 4.79 Å². The van der Waals surface area contributed by atoms with Crippen molar-refractivity contribution in [3.05, 3.63) is 95.3 Å². The maximum absolute atomic E-state index is 13.2. The smallest absolute Gasteiger partial charge is 0.246 e. The lowest BCUT2D eigenvalue weighted by molar-refractivity contribution is -0.118. The Bertz CT molecular complexity index is 958. The van der Waals surface area contributed by atoms with Crippen molar-refractivity contribution in [2.45, 2.75) is 25.9 Å². The van der Waals surface area contributed by atoms with E-state index in [9.17, 15) is 9.18 Å². The minimum absolute atomic E-state index is 0.144. The van der Waals surface area contributed by atoms with Gasteiger partial charge in [-0.05, 0) is 49.7 Å². The summed E-state index contributed by atoms with van der Waals surface area (Å²) in [6.45, 7) is 4.02. The lowest BCUT2D eigenvalue weighted by atomic mass is 10.0. The van der Waals surface area contributed by atoms with Gasteiger partial charge in [-0.25, -0.2) is 4.39 Å². The van der Waals surface area contributed by atoms with Crippen LogP contribution in [0.25, 0.3) is 0 Å². The van der Waals surface area contributed by atoms with Crippen LogP contribution in [0.3, 0.4) is 0 Å².